The Balaban J connectivity index is 1.78. The third-order valence-electron chi connectivity index (χ3n) is 5.24. The minimum absolute atomic E-state index is 0.0795. The molecule has 1 heterocycles. The Kier molecular flexibility index (Phi) is 6.69. The van der Waals surface area contributed by atoms with E-state index in [-0.39, 0.29) is 11.9 Å². The number of hydrogen-bond acceptors (Lipinski definition) is 4. The average Bonchev–Trinajstić information content (AvgIpc) is 2.70. The van der Waals surface area contributed by atoms with Crippen LogP contribution < -0.4 is 14.8 Å². The highest BCUT2D eigenvalue weighted by Crippen LogP contribution is 2.35. The predicted octanol–water partition coefficient (Wildman–Crippen LogP) is 3.79. The highest BCUT2D eigenvalue weighted by atomic mass is 19.1. The normalized spacial score (nSPS) is 16.3. The van der Waals surface area contributed by atoms with E-state index >= 15 is 0 Å². The summed E-state index contributed by atoms with van der Waals surface area (Å²) in [6.07, 6.45) is 0.927. The number of likely N-dealkylation sites (N-methyl/N-ethyl adjacent to an activating group) is 1. The minimum Gasteiger partial charge on any atom is -0.496 e. The van der Waals surface area contributed by atoms with E-state index < -0.39 is 0 Å². The zero-order valence-electron chi connectivity index (χ0n) is 16.4. The second-order valence-corrected chi connectivity index (χ2v) is 6.76. The van der Waals surface area contributed by atoms with Crippen LogP contribution >= 0.6 is 0 Å². The number of hydrogen-bond donors (Lipinski definition) is 1. The van der Waals surface area contributed by atoms with E-state index in [1.807, 2.05) is 6.07 Å². The van der Waals surface area contributed by atoms with Crippen molar-refractivity contribution in [1.82, 2.24) is 10.2 Å². The molecule has 0 saturated carbocycles. The number of rotatable bonds is 8. The summed E-state index contributed by atoms with van der Waals surface area (Å²) in [6, 6.07) is 10.8. The van der Waals surface area contributed by atoms with E-state index in [9.17, 15) is 4.39 Å². The van der Waals surface area contributed by atoms with Crippen LogP contribution in [0.2, 0.25) is 0 Å². The van der Waals surface area contributed by atoms with E-state index in [1.54, 1.807) is 19.2 Å². The predicted molar refractivity (Wildman–Crippen MR) is 106 cm³/mol. The van der Waals surface area contributed by atoms with Gasteiger partial charge in [-0.3, -0.25) is 0 Å². The van der Waals surface area contributed by atoms with Gasteiger partial charge in [0.15, 0.2) is 0 Å². The minimum atomic E-state index is -0.254. The third kappa shape index (κ3) is 4.60. The molecule has 0 aliphatic carbocycles. The molecule has 0 fully saturated rings. The Bertz CT molecular complexity index is 762. The molecule has 0 spiro atoms. The summed E-state index contributed by atoms with van der Waals surface area (Å²) < 4.78 is 25.3. The molecule has 0 amide bonds. The first kappa shape index (κ1) is 19.6. The van der Waals surface area contributed by atoms with Crippen LogP contribution in [0.15, 0.2) is 36.4 Å². The molecule has 2 aromatic carbocycles. The van der Waals surface area contributed by atoms with Crippen LogP contribution in [-0.2, 0) is 6.42 Å². The van der Waals surface area contributed by atoms with E-state index in [1.165, 1.54) is 11.6 Å². The second-order valence-electron chi connectivity index (χ2n) is 6.76. The van der Waals surface area contributed by atoms with Gasteiger partial charge < -0.3 is 19.7 Å². The van der Waals surface area contributed by atoms with Crippen LogP contribution in [0.3, 0.4) is 0 Å². The molecule has 5 heteroatoms. The van der Waals surface area contributed by atoms with E-state index in [2.05, 4.69) is 36.2 Å². The molecule has 0 bridgehead atoms. The Morgan fingerprint density at radius 1 is 1.11 bits per heavy atom. The fourth-order valence-electron chi connectivity index (χ4n) is 3.67. The van der Waals surface area contributed by atoms with Gasteiger partial charge in [0.2, 0.25) is 0 Å². The Morgan fingerprint density at radius 2 is 1.93 bits per heavy atom. The van der Waals surface area contributed by atoms with Gasteiger partial charge in [-0.2, -0.15) is 0 Å². The maximum atomic E-state index is 13.8. The van der Waals surface area contributed by atoms with Gasteiger partial charge in [0.1, 0.15) is 23.9 Å². The first-order chi connectivity index (χ1) is 13.2. The molecule has 3 rings (SSSR count). The Morgan fingerprint density at radius 3 is 2.67 bits per heavy atom. The lowest BCUT2D eigenvalue weighted by molar-refractivity contribution is 0.222. The number of ether oxygens (including phenoxy) is 2. The zero-order valence-corrected chi connectivity index (χ0v) is 16.4. The Hall–Kier alpha value is -2.11. The summed E-state index contributed by atoms with van der Waals surface area (Å²) in [5.74, 6) is 1.34. The molecule has 27 heavy (non-hydrogen) atoms. The molecule has 2 aromatic rings. The standard InChI is InChI=1S/C22H29FN2O2/c1-4-25(5-2)12-13-27-18-7-8-19-16(14-18)10-11-24-22(19)20-15-17(23)6-9-21(20)26-3/h6-9,14-15,22,24H,4-5,10-13H2,1-3H3. The molecule has 1 unspecified atom stereocenters. The van der Waals surface area contributed by atoms with E-state index in [0.29, 0.717) is 12.4 Å². The molecule has 1 aliphatic heterocycles. The van der Waals surface area contributed by atoms with Gasteiger partial charge in [0.05, 0.1) is 13.2 Å². The summed E-state index contributed by atoms with van der Waals surface area (Å²) in [5, 5.41) is 3.49. The van der Waals surface area contributed by atoms with Crippen molar-refractivity contribution in [2.24, 2.45) is 0 Å². The van der Waals surface area contributed by atoms with Gasteiger partial charge >= 0.3 is 0 Å². The van der Waals surface area contributed by atoms with Crippen molar-refractivity contribution in [3.8, 4) is 11.5 Å². The Labute approximate surface area is 161 Å². The fourth-order valence-corrected chi connectivity index (χ4v) is 3.67. The van der Waals surface area contributed by atoms with Crippen molar-refractivity contribution >= 4 is 0 Å². The van der Waals surface area contributed by atoms with Crippen molar-refractivity contribution in [1.29, 1.82) is 0 Å². The first-order valence-corrected chi connectivity index (χ1v) is 9.71. The summed E-state index contributed by atoms with van der Waals surface area (Å²) in [5.41, 5.74) is 3.22. The van der Waals surface area contributed by atoms with Crippen molar-refractivity contribution < 1.29 is 13.9 Å². The summed E-state index contributed by atoms with van der Waals surface area (Å²) in [7, 11) is 1.62. The molecule has 1 N–H and O–H groups in total. The fraction of sp³-hybridized carbons (Fsp3) is 0.455. The van der Waals surface area contributed by atoms with E-state index in [4.69, 9.17) is 9.47 Å². The second kappa shape index (κ2) is 9.20. The SMILES string of the molecule is CCN(CC)CCOc1ccc2c(c1)CCNC2c1cc(F)ccc1OC. The summed E-state index contributed by atoms with van der Waals surface area (Å²) >= 11 is 0. The number of nitrogens with zero attached hydrogens (tertiary/aromatic N) is 1. The number of fused-ring (bicyclic) bond motifs is 1. The smallest absolute Gasteiger partial charge is 0.124 e. The molecular weight excluding hydrogens is 343 g/mol. The van der Waals surface area contributed by atoms with Gasteiger partial charge in [0, 0.05) is 18.7 Å². The third-order valence-corrected chi connectivity index (χ3v) is 5.24. The quantitative estimate of drug-likeness (QED) is 0.764. The van der Waals surface area contributed by atoms with Crippen LogP contribution in [-0.4, -0.2) is 44.8 Å². The summed E-state index contributed by atoms with van der Waals surface area (Å²) in [6.45, 7) is 8.83. The van der Waals surface area contributed by atoms with Crippen LogP contribution in [0.5, 0.6) is 11.5 Å². The molecule has 1 atom stereocenters. The van der Waals surface area contributed by atoms with Crippen LogP contribution in [0.25, 0.3) is 0 Å². The first-order valence-electron chi connectivity index (χ1n) is 9.71. The van der Waals surface area contributed by atoms with Gasteiger partial charge in [-0.05, 0) is 61.0 Å². The lowest BCUT2D eigenvalue weighted by Crippen LogP contribution is -2.31. The maximum Gasteiger partial charge on any atom is 0.124 e. The molecule has 1 aliphatic rings. The molecular formula is C22H29FN2O2. The number of methoxy groups -OCH3 is 1. The number of nitrogens with one attached hydrogen (secondary N) is 1. The topological polar surface area (TPSA) is 33.7 Å². The van der Waals surface area contributed by atoms with Crippen LogP contribution in [0, 0.1) is 5.82 Å². The van der Waals surface area contributed by atoms with Crippen molar-refractivity contribution in [2.75, 3.05) is 39.9 Å². The van der Waals surface area contributed by atoms with E-state index in [0.717, 1.165) is 49.5 Å². The van der Waals surface area contributed by atoms with Crippen LogP contribution in [0.1, 0.15) is 36.6 Å². The van der Waals surface area contributed by atoms with Gasteiger partial charge in [-0.1, -0.05) is 19.9 Å². The lowest BCUT2D eigenvalue weighted by atomic mass is 9.89. The van der Waals surface area contributed by atoms with Gasteiger partial charge in [-0.15, -0.1) is 0 Å². The highest BCUT2D eigenvalue weighted by molar-refractivity contribution is 5.47. The van der Waals surface area contributed by atoms with Gasteiger partial charge in [0.25, 0.3) is 0 Å². The largest absolute Gasteiger partial charge is 0.496 e. The average molecular weight is 372 g/mol. The summed E-state index contributed by atoms with van der Waals surface area (Å²) in [4.78, 5) is 2.34. The molecule has 146 valence electrons. The molecule has 0 aromatic heterocycles. The molecule has 0 saturated heterocycles. The molecule has 0 radical (unpaired) electrons. The number of benzene rings is 2. The zero-order chi connectivity index (χ0) is 19.2. The van der Waals surface area contributed by atoms with Crippen molar-refractivity contribution in [3.05, 3.63) is 58.9 Å². The number of halogens is 1. The lowest BCUT2D eigenvalue weighted by Gasteiger charge is -2.29. The maximum absolute atomic E-state index is 13.8. The molecule has 4 nitrogen and oxygen atoms in total. The van der Waals surface area contributed by atoms with Crippen LogP contribution in [0.4, 0.5) is 4.39 Å². The van der Waals surface area contributed by atoms with Crippen molar-refractivity contribution in [2.45, 2.75) is 26.3 Å². The monoisotopic (exact) mass is 372 g/mol. The highest BCUT2D eigenvalue weighted by Gasteiger charge is 2.24. The van der Waals surface area contributed by atoms with Crippen molar-refractivity contribution in [3.63, 3.8) is 0 Å². The van der Waals surface area contributed by atoms with Gasteiger partial charge in [-0.25, -0.2) is 4.39 Å².